The highest BCUT2D eigenvalue weighted by Crippen LogP contribution is 2.28. The molecule has 4 nitrogen and oxygen atoms in total. The normalized spacial score (nSPS) is 9.00. The summed E-state index contributed by atoms with van der Waals surface area (Å²) >= 11 is 3.06. The van der Waals surface area contributed by atoms with Crippen LogP contribution in [0.2, 0.25) is 0 Å². The average Bonchev–Trinajstić information content (AvgIpc) is 2.04. The van der Waals surface area contributed by atoms with Gasteiger partial charge < -0.3 is 0 Å². The van der Waals surface area contributed by atoms with E-state index in [1.54, 1.807) is 0 Å². The maximum Gasteiger partial charge on any atom is 0.268 e. The Bertz CT molecular complexity index is 370. The number of nitro benzene ring substituents is 1. The standard InChI is InChI=1S/C7H3BrN2O2/c1-9-7-3-2-5(10(11)12)4-6(7)8/h2-4H. The third-order valence-corrected chi connectivity index (χ3v) is 1.90. The van der Waals surface area contributed by atoms with Gasteiger partial charge in [0.15, 0.2) is 0 Å². The first-order valence-corrected chi connectivity index (χ1v) is 3.76. The lowest BCUT2D eigenvalue weighted by molar-refractivity contribution is -0.384. The molecule has 1 aromatic carbocycles. The van der Waals surface area contributed by atoms with Crippen molar-refractivity contribution >= 4 is 27.3 Å². The van der Waals surface area contributed by atoms with Crippen LogP contribution < -0.4 is 0 Å². The van der Waals surface area contributed by atoms with Crippen molar-refractivity contribution in [2.75, 3.05) is 0 Å². The molecular weight excluding hydrogens is 224 g/mol. The fourth-order valence-corrected chi connectivity index (χ4v) is 1.16. The minimum Gasteiger partial charge on any atom is -0.258 e. The Morgan fingerprint density at radius 1 is 1.58 bits per heavy atom. The second kappa shape index (κ2) is 3.32. The third-order valence-electron chi connectivity index (χ3n) is 1.26. The zero-order valence-electron chi connectivity index (χ0n) is 5.82. The molecule has 0 radical (unpaired) electrons. The van der Waals surface area contributed by atoms with Crippen LogP contribution in [0.3, 0.4) is 0 Å². The number of rotatable bonds is 1. The lowest BCUT2D eigenvalue weighted by Crippen LogP contribution is -1.86. The molecule has 0 aromatic heterocycles. The molecule has 0 atom stereocenters. The van der Waals surface area contributed by atoms with E-state index in [2.05, 4.69) is 20.8 Å². The molecule has 12 heavy (non-hydrogen) atoms. The van der Waals surface area contributed by atoms with Gasteiger partial charge in [-0.3, -0.25) is 10.1 Å². The molecule has 0 unspecified atom stereocenters. The molecule has 0 aliphatic heterocycles. The summed E-state index contributed by atoms with van der Waals surface area (Å²) < 4.78 is 0.451. The van der Waals surface area contributed by atoms with Crippen molar-refractivity contribution in [1.82, 2.24) is 0 Å². The maximum absolute atomic E-state index is 10.3. The number of nitro groups is 1. The van der Waals surface area contributed by atoms with Gasteiger partial charge in [-0.2, -0.15) is 0 Å². The molecule has 0 saturated carbocycles. The highest BCUT2D eigenvalue weighted by molar-refractivity contribution is 9.10. The summed E-state index contributed by atoms with van der Waals surface area (Å²) in [5.41, 5.74) is 0.356. The number of halogens is 1. The van der Waals surface area contributed by atoms with Crippen LogP contribution in [0.5, 0.6) is 0 Å². The van der Waals surface area contributed by atoms with Crippen molar-refractivity contribution in [1.29, 1.82) is 0 Å². The Morgan fingerprint density at radius 2 is 2.25 bits per heavy atom. The zero-order valence-corrected chi connectivity index (χ0v) is 7.41. The largest absolute Gasteiger partial charge is 0.268 e. The number of non-ortho nitro benzene ring substituents is 1. The van der Waals surface area contributed by atoms with E-state index in [1.165, 1.54) is 18.2 Å². The Hall–Kier alpha value is -1.41. The first-order valence-electron chi connectivity index (χ1n) is 2.96. The van der Waals surface area contributed by atoms with Crippen LogP contribution in [-0.4, -0.2) is 4.92 Å². The number of hydrogen-bond donors (Lipinski definition) is 0. The minimum atomic E-state index is -0.502. The monoisotopic (exact) mass is 226 g/mol. The Morgan fingerprint density at radius 3 is 2.67 bits per heavy atom. The van der Waals surface area contributed by atoms with E-state index in [1.807, 2.05) is 0 Å². The molecule has 0 spiro atoms. The van der Waals surface area contributed by atoms with Gasteiger partial charge in [0.05, 0.1) is 11.5 Å². The van der Waals surface area contributed by atoms with Crippen molar-refractivity contribution in [2.45, 2.75) is 0 Å². The fraction of sp³-hybridized carbons (Fsp3) is 0. The van der Waals surface area contributed by atoms with Crippen molar-refractivity contribution in [2.24, 2.45) is 0 Å². The second-order valence-electron chi connectivity index (χ2n) is 2.00. The molecule has 0 bridgehead atoms. The average molecular weight is 227 g/mol. The SMILES string of the molecule is [C-]#[N+]c1ccc([N+](=O)[O-])cc1Br. The van der Waals surface area contributed by atoms with Crippen LogP contribution in [0.4, 0.5) is 11.4 Å². The summed E-state index contributed by atoms with van der Waals surface area (Å²) in [6.45, 7) is 6.69. The molecule has 5 heteroatoms. The molecule has 0 N–H and O–H groups in total. The first-order chi connectivity index (χ1) is 5.65. The molecule has 0 amide bonds. The predicted octanol–water partition coefficient (Wildman–Crippen LogP) is 2.91. The number of hydrogen-bond acceptors (Lipinski definition) is 2. The minimum absolute atomic E-state index is 0.0192. The van der Waals surface area contributed by atoms with Crippen molar-refractivity contribution in [3.05, 3.63) is 44.2 Å². The molecule has 1 rings (SSSR count). The first kappa shape index (κ1) is 8.68. The summed E-state index contributed by atoms with van der Waals surface area (Å²) in [4.78, 5) is 12.9. The molecule has 0 fully saturated rings. The van der Waals surface area contributed by atoms with Gasteiger partial charge in [0.25, 0.3) is 5.69 Å². The van der Waals surface area contributed by atoms with Crippen molar-refractivity contribution in [3.63, 3.8) is 0 Å². The van der Waals surface area contributed by atoms with E-state index in [9.17, 15) is 10.1 Å². The van der Waals surface area contributed by atoms with Gasteiger partial charge in [0, 0.05) is 16.6 Å². The molecule has 0 heterocycles. The summed E-state index contributed by atoms with van der Waals surface area (Å²) in [6.07, 6.45) is 0. The van der Waals surface area contributed by atoms with Gasteiger partial charge in [-0.15, -0.1) is 0 Å². The lowest BCUT2D eigenvalue weighted by Gasteiger charge is -1.93. The molecule has 60 valence electrons. The lowest BCUT2D eigenvalue weighted by atomic mass is 10.3. The summed E-state index contributed by atoms with van der Waals surface area (Å²) in [7, 11) is 0. The zero-order chi connectivity index (χ0) is 9.14. The van der Waals surface area contributed by atoms with E-state index < -0.39 is 4.92 Å². The Labute approximate surface area is 76.9 Å². The van der Waals surface area contributed by atoms with Crippen LogP contribution in [0.1, 0.15) is 0 Å². The van der Waals surface area contributed by atoms with E-state index in [0.29, 0.717) is 10.2 Å². The van der Waals surface area contributed by atoms with Crippen LogP contribution in [0.25, 0.3) is 4.85 Å². The topological polar surface area (TPSA) is 47.5 Å². The third kappa shape index (κ3) is 1.60. The van der Waals surface area contributed by atoms with Gasteiger partial charge in [0.2, 0.25) is 5.69 Å². The fourth-order valence-electron chi connectivity index (χ4n) is 0.700. The van der Waals surface area contributed by atoms with Crippen LogP contribution in [0.15, 0.2) is 22.7 Å². The molecule has 0 saturated heterocycles. The van der Waals surface area contributed by atoms with Crippen LogP contribution >= 0.6 is 15.9 Å². The van der Waals surface area contributed by atoms with Crippen LogP contribution in [-0.2, 0) is 0 Å². The van der Waals surface area contributed by atoms with Gasteiger partial charge in [-0.25, -0.2) is 4.85 Å². The van der Waals surface area contributed by atoms with Crippen molar-refractivity contribution in [3.8, 4) is 0 Å². The maximum atomic E-state index is 10.3. The van der Waals surface area contributed by atoms with Crippen LogP contribution in [0, 0.1) is 16.7 Å². The summed E-state index contributed by atoms with van der Waals surface area (Å²) in [6, 6.07) is 4.03. The Balaban J connectivity index is 3.21. The van der Waals surface area contributed by atoms with E-state index in [0.717, 1.165) is 0 Å². The van der Waals surface area contributed by atoms with Gasteiger partial charge in [0.1, 0.15) is 0 Å². The quantitative estimate of drug-likeness (QED) is 0.420. The molecular formula is C7H3BrN2O2. The number of nitrogens with zero attached hydrogens (tertiary/aromatic N) is 2. The Kier molecular flexibility index (Phi) is 2.41. The molecule has 0 aliphatic carbocycles. The van der Waals surface area contributed by atoms with Crippen molar-refractivity contribution < 1.29 is 4.92 Å². The molecule has 1 aromatic rings. The van der Waals surface area contributed by atoms with E-state index in [4.69, 9.17) is 6.57 Å². The van der Waals surface area contributed by atoms with Gasteiger partial charge in [-0.05, 0) is 6.07 Å². The van der Waals surface area contributed by atoms with E-state index >= 15 is 0 Å². The highest BCUT2D eigenvalue weighted by Gasteiger charge is 2.07. The van der Waals surface area contributed by atoms with Gasteiger partial charge in [-0.1, -0.05) is 15.9 Å². The summed E-state index contributed by atoms with van der Waals surface area (Å²) in [5, 5.41) is 10.3. The number of benzene rings is 1. The molecule has 0 aliphatic rings. The second-order valence-corrected chi connectivity index (χ2v) is 2.86. The highest BCUT2D eigenvalue weighted by atomic mass is 79.9. The van der Waals surface area contributed by atoms with E-state index in [-0.39, 0.29) is 5.69 Å². The predicted molar refractivity (Wildman–Crippen MR) is 47.1 cm³/mol. The smallest absolute Gasteiger partial charge is 0.258 e. The van der Waals surface area contributed by atoms with Gasteiger partial charge >= 0.3 is 0 Å². The summed E-state index contributed by atoms with van der Waals surface area (Å²) in [5.74, 6) is 0.